The minimum Gasteiger partial charge on any atom is -0.481 e. The first-order valence-corrected chi connectivity index (χ1v) is 6.25. The molecule has 0 saturated carbocycles. The van der Waals surface area contributed by atoms with Crippen molar-refractivity contribution in [2.24, 2.45) is 11.3 Å². The van der Waals surface area contributed by atoms with Crippen LogP contribution < -0.4 is 0 Å². The fourth-order valence-corrected chi connectivity index (χ4v) is 2.52. The molecule has 2 N–H and O–H groups in total. The highest BCUT2D eigenvalue weighted by Crippen LogP contribution is 2.44. The Kier molecular flexibility index (Phi) is 6.46. The first-order chi connectivity index (χ1) is 7.76. The predicted molar refractivity (Wildman–Crippen MR) is 69.9 cm³/mol. The summed E-state index contributed by atoms with van der Waals surface area (Å²) in [4.78, 5) is 9.00. The van der Waals surface area contributed by atoms with Gasteiger partial charge in [0, 0.05) is 12.8 Å². The zero-order valence-corrected chi connectivity index (χ0v) is 11.7. The van der Waals surface area contributed by atoms with Crippen LogP contribution in [0.25, 0.3) is 0 Å². The van der Waals surface area contributed by atoms with E-state index in [4.69, 9.17) is 9.90 Å². The Morgan fingerprint density at radius 1 is 1.47 bits per heavy atom. The largest absolute Gasteiger partial charge is 0.481 e. The maximum atomic E-state index is 9.41. The van der Waals surface area contributed by atoms with Crippen molar-refractivity contribution in [3.63, 3.8) is 0 Å². The summed E-state index contributed by atoms with van der Waals surface area (Å²) in [6.07, 6.45) is 3.53. The van der Waals surface area contributed by atoms with Gasteiger partial charge in [0.05, 0.1) is 6.61 Å². The van der Waals surface area contributed by atoms with Gasteiger partial charge in [0.2, 0.25) is 0 Å². The average Bonchev–Trinajstić information content (AvgIpc) is 2.20. The van der Waals surface area contributed by atoms with Crippen molar-refractivity contribution in [1.82, 2.24) is 0 Å². The van der Waals surface area contributed by atoms with Crippen LogP contribution in [-0.4, -0.2) is 22.8 Å². The van der Waals surface area contributed by atoms with Crippen LogP contribution in [0.1, 0.15) is 53.9 Å². The normalized spacial score (nSPS) is 22.8. The lowest BCUT2D eigenvalue weighted by Crippen LogP contribution is -2.32. The molecule has 3 nitrogen and oxygen atoms in total. The van der Waals surface area contributed by atoms with Crippen molar-refractivity contribution < 1.29 is 15.0 Å². The van der Waals surface area contributed by atoms with E-state index < -0.39 is 5.97 Å². The van der Waals surface area contributed by atoms with Crippen LogP contribution in [0.4, 0.5) is 0 Å². The van der Waals surface area contributed by atoms with Gasteiger partial charge in [0.15, 0.2) is 0 Å². The fourth-order valence-electron chi connectivity index (χ4n) is 2.52. The van der Waals surface area contributed by atoms with Crippen LogP contribution in [0.2, 0.25) is 0 Å². The summed E-state index contributed by atoms with van der Waals surface area (Å²) in [6, 6.07) is 0. The number of carboxylic acid groups (broad SMARTS) is 1. The number of allylic oxidation sites excluding steroid dienone is 1. The van der Waals surface area contributed by atoms with E-state index in [9.17, 15) is 5.11 Å². The van der Waals surface area contributed by atoms with E-state index in [0.29, 0.717) is 17.9 Å². The highest BCUT2D eigenvalue weighted by atomic mass is 16.4. The van der Waals surface area contributed by atoms with Crippen molar-refractivity contribution in [3.05, 3.63) is 11.1 Å². The minimum absolute atomic E-state index is 0.291. The Bertz CT molecular complexity index is 286. The molecule has 1 rings (SSSR count). The smallest absolute Gasteiger partial charge is 0.300 e. The summed E-state index contributed by atoms with van der Waals surface area (Å²) < 4.78 is 0. The standard InChI is InChI=1S/C12H22O.C2H4O2/c1-5-10-9(2)6-7-12(3,4)11(10)8-13;1-2(3)4/h11,13H,5-8H2,1-4H3;1H3,(H,3,4). The van der Waals surface area contributed by atoms with Gasteiger partial charge in [0.1, 0.15) is 0 Å². The Balaban J connectivity index is 0.000000557. The van der Waals surface area contributed by atoms with Crippen LogP contribution in [0.5, 0.6) is 0 Å². The molecule has 0 radical (unpaired) electrons. The summed E-state index contributed by atoms with van der Waals surface area (Å²) in [7, 11) is 0. The number of hydrogen-bond acceptors (Lipinski definition) is 2. The second-order valence-corrected chi connectivity index (χ2v) is 5.40. The minimum atomic E-state index is -0.833. The highest BCUT2D eigenvalue weighted by Gasteiger charge is 2.34. The zero-order valence-electron chi connectivity index (χ0n) is 11.7. The van der Waals surface area contributed by atoms with E-state index in [1.807, 2.05) is 0 Å². The average molecular weight is 242 g/mol. The molecule has 0 saturated heterocycles. The number of hydrogen-bond donors (Lipinski definition) is 2. The Labute approximate surface area is 105 Å². The fraction of sp³-hybridized carbons (Fsp3) is 0.786. The molecular weight excluding hydrogens is 216 g/mol. The molecular formula is C14H26O3. The van der Waals surface area contributed by atoms with E-state index in [1.54, 1.807) is 0 Å². The Hall–Kier alpha value is -0.830. The molecule has 1 aliphatic rings. The van der Waals surface area contributed by atoms with Crippen LogP contribution in [0.15, 0.2) is 11.1 Å². The lowest BCUT2D eigenvalue weighted by atomic mass is 9.66. The highest BCUT2D eigenvalue weighted by molar-refractivity contribution is 5.62. The topological polar surface area (TPSA) is 57.5 Å². The van der Waals surface area contributed by atoms with Crippen LogP contribution in [0.3, 0.4) is 0 Å². The van der Waals surface area contributed by atoms with Crippen molar-refractivity contribution in [2.75, 3.05) is 6.61 Å². The summed E-state index contributed by atoms with van der Waals surface area (Å²) in [5, 5.41) is 16.8. The third kappa shape index (κ3) is 4.90. The van der Waals surface area contributed by atoms with Gasteiger partial charge in [0.25, 0.3) is 5.97 Å². The number of aliphatic hydroxyl groups excluding tert-OH is 1. The summed E-state index contributed by atoms with van der Waals surface area (Å²) in [5.74, 6) is -0.439. The maximum Gasteiger partial charge on any atom is 0.300 e. The number of carbonyl (C=O) groups is 1. The van der Waals surface area contributed by atoms with Gasteiger partial charge >= 0.3 is 0 Å². The van der Waals surface area contributed by atoms with Crippen molar-refractivity contribution >= 4 is 5.97 Å². The molecule has 17 heavy (non-hydrogen) atoms. The molecule has 100 valence electrons. The summed E-state index contributed by atoms with van der Waals surface area (Å²) >= 11 is 0. The summed E-state index contributed by atoms with van der Waals surface area (Å²) in [5.41, 5.74) is 3.30. The number of aliphatic hydroxyl groups is 1. The van der Waals surface area contributed by atoms with Crippen molar-refractivity contribution in [1.29, 1.82) is 0 Å². The third-order valence-corrected chi connectivity index (χ3v) is 3.62. The van der Waals surface area contributed by atoms with E-state index >= 15 is 0 Å². The molecule has 1 aliphatic carbocycles. The van der Waals surface area contributed by atoms with Crippen LogP contribution in [-0.2, 0) is 4.79 Å². The van der Waals surface area contributed by atoms with E-state index in [-0.39, 0.29) is 0 Å². The molecule has 0 spiro atoms. The van der Waals surface area contributed by atoms with Gasteiger partial charge in [-0.1, -0.05) is 31.9 Å². The molecule has 1 atom stereocenters. The maximum absolute atomic E-state index is 9.41. The Morgan fingerprint density at radius 2 is 1.94 bits per heavy atom. The van der Waals surface area contributed by atoms with Gasteiger partial charge in [-0.15, -0.1) is 0 Å². The van der Waals surface area contributed by atoms with Crippen molar-refractivity contribution in [2.45, 2.75) is 53.9 Å². The van der Waals surface area contributed by atoms with Gasteiger partial charge in [-0.05, 0) is 31.6 Å². The SMILES string of the molecule is CC(=O)O.CCC1=C(C)CCC(C)(C)C1CO. The molecule has 0 bridgehead atoms. The first kappa shape index (κ1) is 16.2. The molecule has 0 heterocycles. The van der Waals surface area contributed by atoms with E-state index in [2.05, 4.69) is 27.7 Å². The molecule has 0 aromatic carbocycles. The molecule has 0 fully saturated rings. The summed E-state index contributed by atoms with van der Waals surface area (Å²) in [6.45, 7) is 10.4. The quantitative estimate of drug-likeness (QED) is 0.731. The molecule has 0 aromatic heterocycles. The second kappa shape index (κ2) is 6.80. The van der Waals surface area contributed by atoms with E-state index in [1.165, 1.54) is 24.0 Å². The monoisotopic (exact) mass is 242 g/mol. The molecule has 3 heteroatoms. The zero-order chi connectivity index (χ0) is 13.6. The molecule has 0 amide bonds. The second-order valence-electron chi connectivity index (χ2n) is 5.40. The first-order valence-electron chi connectivity index (χ1n) is 6.25. The van der Waals surface area contributed by atoms with Gasteiger partial charge in [-0.25, -0.2) is 0 Å². The van der Waals surface area contributed by atoms with Crippen molar-refractivity contribution in [3.8, 4) is 0 Å². The van der Waals surface area contributed by atoms with Crippen LogP contribution in [0, 0.1) is 11.3 Å². The number of carboxylic acids is 1. The Morgan fingerprint density at radius 3 is 2.24 bits per heavy atom. The lowest BCUT2D eigenvalue weighted by molar-refractivity contribution is -0.134. The third-order valence-electron chi connectivity index (χ3n) is 3.62. The molecule has 1 unspecified atom stereocenters. The predicted octanol–water partition coefficient (Wildman–Crippen LogP) is 3.23. The van der Waals surface area contributed by atoms with Gasteiger partial charge < -0.3 is 10.2 Å². The molecule has 0 aliphatic heterocycles. The molecule has 0 aromatic rings. The lowest BCUT2D eigenvalue weighted by Gasteiger charge is -2.40. The van der Waals surface area contributed by atoms with E-state index in [0.717, 1.165) is 13.3 Å². The van der Waals surface area contributed by atoms with Gasteiger partial charge in [-0.3, -0.25) is 4.79 Å². The van der Waals surface area contributed by atoms with Gasteiger partial charge in [-0.2, -0.15) is 0 Å². The number of aliphatic carboxylic acids is 1. The van der Waals surface area contributed by atoms with Crippen LogP contribution >= 0.6 is 0 Å². The number of rotatable bonds is 2.